The number of carbonyl (C=O) groups is 2. The molecule has 0 aliphatic carbocycles. The topological polar surface area (TPSA) is 127 Å². The van der Waals surface area contributed by atoms with E-state index in [0.29, 0.717) is 6.54 Å². The van der Waals surface area contributed by atoms with Gasteiger partial charge in [0, 0.05) is 18.7 Å². The van der Waals surface area contributed by atoms with E-state index in [2.05, 4.69) is 12.6 Å². The van der Waals surface area contributed by atoms with Gasteiger partial charge < -0.3 is 21.7 Å². The number of thiol groups is 1. The second-order valence-electron chi connectivity index (χ2n) is 2.39. The number of aliphatic carboxylic acids is 2. The number of hydrogen-bond donors (Lipinski definition) is 5. The van der Waals surface area contributed by atoms with Gasteiger partial charge in [-0.3, -0.25) is 9.59 Å². The highest BCUT2D eigenvalue weighted by Crippen LogP contribution is 1.93. The normalized spacial score (nSPS) is 11.1. The Morgan fingerprint density at radius 1 is 1.36 bits per heavy atom. The molecule has 14 heavy (non-hydrogen) atoms. The van der Waals surface area contributed by atoms with Crippen molar-refractivity contribution in [3.63, 3.8) is 0 Å². The summed E-state index contributed by atoms with van der Waals surface area (Å²) in [6.45, 7) is 0.684. The maximum absolute atomic E-state index is 9.99. The van der Waals surface area contributed by atoms with Gasteiger partial charge >= 0.3 is 11.9 Å². The first-order valence-electron chi connectivity index (χ1n) is 3.96. The van der Waals surface area contributed by atoms with Gasteiger partial charge in [0.05, 0.1) is 0 Å². The summed E-state index contributed by atoms with van der Waals surface area (Å²) < 4.78 is 0. The first-order valence-corrected chi connectivity index (χ1v) is 4.60. The molecule has 0 bridgehead atoms. The van der Waals surface area contributed by atoms with Crippen LogP contribution in [-0.2, 0) is 9.59 Å². The molecule has 6 nitrogen and oxygen atoms in total. The van der Waals surface area contributed by atoms with Crippen LogP contribution in [0.5, 0.6) is 0 Å². The zero-order valence-corrected chi connectivity index (χ0v) is 8.61. The van der Waals surface area contributed by atoms with E-state index in [0.717, 1.165) is 5.75 Å². The lowest BCUT2D eigenvalue weighted by Gasteiger charge is -2.01. The Morgan fingerprint density at radius 3 is 2.00 bits per heavy atom. The zero-order valence-electron chi connectivity index (χ0n) is 7.72. The van der Waals surface area contributed by atoms with Crippen molar-refractivity contribution in [3.8, 4) is 0 Å². The number of hydrogen-bond acceptors (Lipinski definition) is 5. The van der Waals surface area contributed by atoms with Crippen LogP contribution in [-0.4, -0.2) is 40.5 Å². The van der Waals surface area contributed by atoms with E-state index in [4.69, 9.17) is 21.7 Å². The molecule has 1 atom stereocenters. The van der Waals surface area contributed by atoms with Crippen LogP contribution in [0, 0.1) is 0 Å². The molecule has 0 heterocycles. The van der Waals surface area contributed by atoms with Crippen LogP contribution in [0.2, 0.25) is 0 Å². The lowest BCUT2D eigenvalue weighted by Crippen LogP contribution is -2.30. The molecule has 0 aromatic carbocycles. The third-order valence-electron chi connectivity index (χ3n) is 1.12. The summed E-state index contributed by atoms with van der Waals surface area (Å²) in [4.78, 5) is 19.9. The summed E-state index contributed by atoms with van der Waals surface area (Å²) in [6, 6.07) is -1.06. The maximum Gasteiger partial charge on any atom is 0.320 e. The molecule has 0 aromatic heterocycles. The Bertz CT molecular complexity index is 175. The minimum Gasteiger partial charge on any atom is -0.481 e. The molecule has 0 aromatic rings. The summed E-state index contributed by atoms with van der Waals surface area (Å²) in [5.41, 5.74) is 9.95. The van der Waals surface area contributed by atoms with Crippen LogP contribution >= 0.6 is 12.6 Å². The van der Waals surface area contributed by atoms with Gasteiger partial charge in [-0.05, 0) is 6.42 Å². The number of nitrogens with two attached hydrogens (primary N) is 2. The third-order valence-corrected chi connectivity index (χ3v) is 1.37. The zero-order chi connectivity index (χ0) is 11.6. The molecule has 0 amide bonds. The molecule has 0 saturated carbocycles. The van der Waals surface area contributed by atoms with Crippen LogP contribution < -0.4 is 11.5 Å². The highest BCUT2D eigenvalue weighted by Gasteiger charge is 2.12. The number of rotatable bonds is 5. The quantitative estimate of drug-likeness (QED) is 0.387. The predicted octanol–water partition coefficient (Wildman–Crippen LogP) is -0.862. The minimum atomic E-state index is -1.17. The second-order valence-corrected chi connectivity index (χ2v) is 2.84. The molecule has 6 N–H and O–H groups in total. The minimum absolute atomic E-state index is 0.0231. The molecule has 0 aliphatic rings. The second kappa shape index (κ2) is 10.3. The van der Waals surface area contributed by atoms with Crippen molar-refractivity contribution < 1.29 is 19.8 Å². The van der Waals surface area contributed by atoms with Crippen molar-refractivity contribution >= 4 is 24.6 Å². The highest BCUT2D eigenvalue weighted by atomic mass is 32.1. The van der Waals surface area contributed by atoms with Crippen LogP contribution in [0.25, 0.3) is 0 Å². The molecule has 0 aliphatic heterocycles. The van der Waals surface area contributed by atoms with Crippen LogP contribution in [0.15, 0.2) is 0 Å². The standard InChI is InChI=1S/C5H9NO4.C2H7NS/c6-3(5(9)10)1-2-4(7)8;3-1-2-4/h3H,1-2,6H2,(H,7,8)(H,9,10);4H,1-3H2. The molecule has 7 heteroatoms. The SMILES string of the molecule is NC(CCC(=O)O)C(=O)O.NCCS. The largest absolute Gasteiger partial charge is 0.481 e. The fourth-order valence-corrected chi connectivity index (χ4v) is 0.402. The average molecular weight is 224 g/mol. The molecular weight excluding hydrogens is 208 g/mol. The van der Waals surface area contributed by atoms with Crippen molar-refractivity contribution in [2.24, 2.45) is 11.5 Å². The Labute approximate surface area is 87.7 Å². The van der Waals surface area contributed by atoms with E-state index in [-0.39, 0.29) is 12.8 Å². The summed E-state index contributed by atoms with van der Waals surface area (Å²) >= 11 is 3.80. The predicted molar refractivity (Wildman–Crippen MR) is 55.4 cm³/mol. The number of carboxylic acid groups (broad SMARTS) is 2. The molecule has 0 rings (SSSR count). The van der Waals surface area contributed by atoms with E-state index in [1.807, 2.05) is 0 Å². The van der Waals surface area contributed by atoms with E-state index < -0.39 is 18.0 Å². The average Bonchev–Trinajstić information content (AvgIpc) is 2.14. The van der Waals surface area contributed by atoms with Crippen molar-refractivity contribution in [3.05, 3.63) is 0 Å². The molecule has 1 unspecified atom stereocenters. The molecule has 0 saturated heterocycles. The summed E-state index contributed by atoms with van der Waals surface area (Å²) in [6.07, 6.45) is -0.224. The van der Waals surface area contributed by atoms with Crippen molar-refractivity contribution in [1.29, 1.82) is 0 Å². The van der Waals surface area contributed by atoms with Crippen molar-refractivity contribution in [2.75, 3.05) is 12.3 Å². The van der Waals surface area contributed by atoms with Gasteiger partial charge in [-0.25, -0.2) is 0 Å². The van der Waals surface area contributed by atoms with Gasteiger partial charge in [-0.15, -0.1) is 0 Å². The van der Waals surface area contributed by atoms with Crippen LogP contribution in [0.1, 0.15) is 12.8 Å². The monoisotopic (exact) mass is 224 g/mol. The fourth-order valence-electron chi connectivity index (χ4n) is 0.402. The lowest BCUT2D eigenvalue weighted by atomic mass is 10.2. The lowest BCUT2D eigenvalue weighted by molar-refractivity contribution is -0.139. The Hall–Kier alpha value is -0.790. The van der Waals surface area contributed by atoms with Gasteiger partial charge in [-0.2, -0.15) is 12.6 Å². The highest BCUT2D eigenvalue weighted by molar-refractivity contribution is 7.80. The summed E-state index contributed by atoms with van der Waals surface area (Å²) in [7, 11) is 0. The van der Waals surface area contributed by atoms with Gasteiger partial charge in [0.15, 0.2) is 0 Å². The van der Waals surface area contributed by atoms with E-state index in [9.17, 15) is 9.59 Å². The third kappa shape index (κ3) is 13.8. The van der Waals surface area contributed by atoms with Crippen LogP contribution in [0.3, 0.4) is 0 Å². The maximum atomic E-state index is 9.99. The Balaban J connectivity index is 0. The summed E-state index contributed by atoms with van der Waals surface area (Å²) in [5, 5.41) is 16.3. The number of carboxylic acids is 2. The van der Waals surface area contributed by atoms with Gasteiger partial charge in [0.1, 0.15) is 6.04 Å². The van der Waals surface area contributed by atoms with Crippen molar-refractivity contribution in [2.45, 2.75) is 18.9 Å². The molecule has 0 spiro atoms. The van der Waals surface area contributed by atoms with E-state index in [1.54, 1.807) is 0 Å². The summed E-state index contributed by atoms with van der Waals surface area (Å²) in [5.74, 6) is -1.40. The Morgan fingerprint density at radius 2 is 1.79 bits per heavy atom. The van der Waals surface area contributed by atoms with Crippen LogP contribution in [0.4, 0.5) is 0 Å². The van der Waals surface area contributed by atoms with Gasteiger partial charge in [0.2, 0.25) is 0 Å². The van der Waals surface area contributed by atoms with E-state index >= 15 is 0 Å². The van der Waals surface area contributed by atoms with Gasteiger partial charge in [-0.1, -0.05) is 0 Å². The first kappa shape index (κ1) is 15.7. The first-order chi connectivity index (χ1) is 6.45. The molecular formula is C7H16N2O4S. The Kier molecular flexibility index (Phi) is 11.5. The molecule has 0 radical (unpaired) electrons. The molecule has 0 fully saturated rings. The smallest absolute Gasteiger partial charge is 0.320 e. The fraction of sp³-hybridized carbons (Fsp3) is 0.714. The van der Waals surface area contributed by atoms with Crippen molar-refractivity contribution in [1.82, 2.24) is 0 Å². The van der Waals surface area contributed by atoms with Gasteiger partial charge in [0.25, 0.3) is 0 Å². The molecule has 84 valence electrons. The van der Waals surface area contributed by atoms with E-state index in [1.165, 1.54) is 0 Å².